The second-order valence-corrected chi connectivity index (χ2v) is 11.3. The number of benzene rings is 4. The van der Waals surface area contributed by atoms with Crippen molar-refractivity contribution in [2.24, 2.45) is 5.92 Å². The van der Waals surface area contributed by atoms with Crippen molar-refractivity contribution in [2.75, 3.05) is 0 Å². The lowest BCUT2D eigenvalue weighted by Gasteiger charge is -2.23. The third-order valence-electron chi connectivity index (χ3n) is 8.81. The number of nitrogens with zero attached hydrogens (tertiary/aromatic N) is 1. The maximum absolute atomic E-state index is 13.4. The summed E-state index contributed by atoms with van der Waals surface area (Å²) in [5.74, 6) is -5.47. The lowest BCUT2D eigenvalue weighted by molar-refractivity contribution is -0.155. The molecule has 1 atom stereocenters. The molecule has 212 valence electrons. The summed E-state index contributed by atoms with van der Waals surface area (Å²) in [5.41, 5.74) is 5.12. The van der Waals surface area contributed by atoms with E-state index in [4.69, 9.17) is 0 Å². The van der Waals surface area contributed by atoms with Crippen LogP contribution in [0.25, 0.3) is 27.5 Å². The van der Waals surface area contributed by atoms with Crippen LogP contribution in [0, 0.1) is 5.92 Å². The molecule has 0 amide bonds. The Hall–Kier alpha value is -4.71. The lowest BCUT2D eigenvalue weighted by Crippen LogP contribution is -2.31. The molecular formula is C36H33NO5. The fraction of sp³-hybridized carbons (Fsp3) is 0.250. The summed E-state index contributed by atoms with van der Waals surface area (Å²) < 4.78 is 2.13. The first-order valence-electron chi connectivity index (χ1n) is 14.6. The third-order valence-corrected chi connectivity index (χ3v) is 8.81. The normalized spacial score (nSPS) is 14.8. The molecule has 1 aliphatic carbocycles. The summed E-state index contributed by atoms with van der Waals surface area (Å²) in [6.07, 6.45) is 5.78. The number of carboxylic acid groups (broad SMARTS) is 2. The van der Waals surface area contributed by atoms with Crippen LogP contribution in [0.15, 0.2) is 97.1 Å². The van der Waals surface area contributed by atoms with Gasteiger partial charge in [0.2, 0.25) is 0 Å². The smallest absolute Gasteiger partial charge is 0.318 e. The zero-order valence-corrected chi connectivity index (χ0v) is 23.3. The topological polar surface area (TPSA) is 96.6 Å². The highest BCUT2D eigenvalue weighted by atomic mass is 16.4. The van der Waals surface area contributed by atoms with Gasteiger partial charge in [-0.2, -0.15) is 0 Å². The molecule has 6 rings (SSSR count). The van der Waals surface area contributed by atoms with Crippen LogP contribution in [-0.2, 0) is 9.59 Å². The van der Waals surface area contributed by atoms with Crippen molar-refractivity contribution in [3.63, 3.8) is 0 Å². The predicted octanol–water partition coefficient (Wildman–Crippen LogP) is 7.97. The van der Waals surface area contributed by atoms with Crippen molar-refractivity contribution in [1.82, 2.24) is 4.57 Å². The number of hydrogen-bond acceptors (Lipinski definition) is 3. The molecule has 6 heteroatoms. The quantitative estimate of drug-likeness (QED) is 0.141. The number of rotatable bonds is 9. The minimum absolute atomic E-state index is 0.221. The van der Waals surface area contributed by atoms with E-state index in [0.717, 1.165) is 40.3 Å². The highest BCUT2D eigenvalue weighted by molar-refractivity contribution is 6.09. The minimum Gasteiger partial charge on any atom is -0.481 e. The Balaban J connectivity index is 1.32. The van der Waals surface area contributed by atoms with Gasteiger partial charge in [0.25, 0.3) is 0 Å². The molecule has 1 aromatic heterocycles. The number of carbonyl (C=O) groups excluding carboxylic acids is 1. The standard InChI is InChI=1S/C36H33NO5/c38-33(26-16-14-24(15-17-26)23-8-2-1-3-9-23)22-30(34(35(39)40)36(41)42)25-18-20-27(21-19-25)37-31-12-6-4-10-28(31)29-11-5-7-13-32(29)37/h4-7,10-21,23,30,34H,1-3,8-9,22H2,(H,39,40)(H,41,42). The highest BCUT2D eigenvalue weighted by Gasteiger charge is 2.37. The summed E-state index contributed by atoms with van der Waals surface area (Å²) in [4.78, 5) is 37.7. The van der Waals surface area contributed by atoms with Crippen LogP contribution in [0.5, 0.6) is 0 Å². The molecule has 2 N–H and O–H groups in total. The fourth-order valence-corrected chi connectivity index (χ4v) is 6.64. The van der Waals surface area contributed by atoms with Crippen molar-refractivity contribution < 1.29 is 24.6 Å². The van der Waals surface area contributed by atoms with E-state index in [2.05, 4.69) is 28.8 Å². The van der Waals surface area contributed by atoms with Gasteiger partial charge in [-0.1, -0.05) is 92.1 Å². The van der Waals surface area contributed by atoms with E-state index in [1.165, 1.54) is 24.8 Å². The van der Waals surface area contributed by atoms with Crippen LogP contribution in [0.2, 0.25) is 0 Å². The summed E-state index contributed by atoms with van der Waals surface area (Å²) in [7, 11) is 0. The molecule has 0 spiro atoms. The maximum Gasteiger partial charge on any atom is 0.318 e. The fourth-order valence-electron chi connectivity index (χ4n) is 6.64. The second kappa shape index (κ2) is 11.6. The Morgan fingerprint density at radius 2 is 1.24 bits per heavy atom. The number of fused-ring (bicyclic) bond motifs is 3. The number of aromatic nitrogens is 1. The summed E-state index contributed by atoms with van der Waals surface area (Å²) in [5, 5.41) is 22.0. The predicted molar refractivity (Wildman–Crippen MR) is 163 cm³/mol. The van der Waals surface area contributed by atoms with Gasteiger partial charge in [-0.05, 0) is 54.2 Å². The number of para-hydroxylation sites is 2. The van der Waals surface area contributed by atoms with Crippen LogP contribution >= 0.6 is 0 Å². The molecule has 0 saturated heterocycles. The zero-order valence-electron chi connectivity index (χ0n) is 23.3. The molecular weight excluding hydrogens is 526 g/mol. The van der Waals surface area contributed by atoms with Gasteiger partial charge in [0.1, 0.15) is 0 Å². The van der Waals surface area contributed by atoms with Gasteiger partial charge in [-0.15, -0.1) is 0 Å². The van der Waals surface area contributed by atoms with Crippen molar-refractivity contribution in [3.05, 3.63) is 114 Å². The molecule has 6 nitrogen and oxygen atoms in total. The Bertz CT molecular complexity index is 1690. The monoisotopic (exact) mass is 559 g/mol. The van der Waals surface area contributed by atoms with Crippen LogP contribution in [0.4, 0.5) is 0 Å². The van der Waals surface area contributed by atoms with Gasteiger partial charge >= 0.3 is 11.9 Å². The Labute approximate surface area is 244 Å². The maximum atomic E-state index is 13.4. The van der Waals surface area contributed by atoms with Gasteiger partial charge in [0, 0.05) is 34.4 Å². The van der Waals surface area contributed by atoms with Crippen molar-refractivity contribution in [3.8, 4) is 5.69 Å². The molecule has 1 aliphatic rings. The number of Topliss-reactive ketones (excluding diaryl/α,β-unsaturated/α-hetero) is 1. The first-order valence-corrected chi connectivity index (χ1v) is 14.6. The second-order valence-electron chi connectivity index (χ2n) is 11.3. The molecule has 0 bridgehead atoms. The SMILES string of the molecule is O=C(CC(c1ccc(-n2c3ccccc3c3ccccc32)cc1)C(C(=O)O)C(=O)O)c1ccc(C2CCCCC2)cc1. The van der Waals surface area contributed by atoms with E-state index < -0.39 is 23.8 Å². The molecule has 5 aromatic rings. The van der Waals surface area contributed by atoms with Gasteiger partial charge in [-0.25, -0.2) is 0 Å². The minimum atomic E-state index is -1.76. The Morgan fingerprint density at radius 1 is 0.690 bits per heavy atom. The molecule has 4 aromatic carbocycles. The van der Waals surface area contributed by atoms with Crippen molar-refractivity contribution in [1.29, 1.82) is 0 Å². The van der Waals surface area contributed by atoms with Gasteiger partial charge in [0.15, 0.2) is 11.7 Å². The Kier molecular flexibility index (Phi) is 7.62. The first-order chi connectivity index (χ1) is 20.4. The summed E-state index contributed by atoms with van der Waals surface area (Å²) >= 11 is 0. The van der Waals surface area contributed by atoms with E-state index in [9.17, 15) is 24.6 Å². The van der Waals surface area contributed by atoms with Crippen LogP contribution in [0.1, 0.15) is 71.8 Å². The average Bonchev–Trinajstić information content (AvgIpc) is 3.35. The molecule has 1 fully saturated rings. The van der Waals surface area contributed by atoms with E-state index in [1.54, 1.807) is 24.3 Å². The van der Waals surface area contributed by atoms with Crippen molar-refractivity contribution >= 4 is 39.5 Å². The summed E-state index contributed by atoms with van der Waals surface area (Å²) in [6.45, 7) is 0. The van der Waals surface area contributed by atoms with E-state index in [0.29, 0.717) is 17.0 Å². The van der Waals surface area contributed by atoms with Crippen LogP contribution in [-0.4, -0.2) is 32.5 Å². The lowest BCUT2D eigenvalue weighted by atomic mass is 9.80. The average molecular weight is 560 g/mol. The molecule has 42 heavy (non-hydrogen) atoms. The van der Waals surface area contributed by atoms with Gasteiger partial charge in [-0.3, -0.25) is 14.4 Å². The number of aliphatic carboxylic acids is 2. The first kappa shape index (κ1) is 27.5. The number of carbonyl (C=O) groups is 3. The van der Waals surface area contributed by atoms with Gasteiger partial charge < -0.3 is 14.8 Å². The molecule has 0 radical (unpaired) electrons. The number of carboxylic acids is 2. The van der Waals surface area contributed by atoms with E-state index in [-0.39, 0.29) is 12.2 Å². The van der Waals surface area contributed by atoms with E-state index >= 15 is 0 Å². The molecule has 0 aliphatic heterocycles. The third kappa shape index (κ3) is 5.20. The number of hydrogen-bond donors (Lipinski definition) is 2. The van der Waals surface area contributed by atoms with Gasteiger partial charge in [0.05, 0.1) is 11.0 Å². The molecule has 1 saturated carbocycles. The molecule has 1 heterocycles. The Morgan fingerprint density at radius 3 is 1.79 bits per heavy atom. The number of ketones is 1. The van der Waals surface area contributed by atoms with Crippen molar-refractivity contribution in [2.45, 2.75) is 50.4 Å². The molecule has 1 unspecified atom stereocenters. The largest absolute Gasteiger partial charge is 0.481 e. The van der Waals surface area contributed by atoms with Crippen LogP contribution < -0.4 is 0 Å². The zero-order chi connectivity index (χ0) is 29.2. The van der Waals surface area contributed by atoms with Crippen LogP contribution in [0.3, 0.4) is 0 Å². The van der Waals surface area contributed by atoms with E-state index in [1.807, 2.05) is 48.5 Å². The highest BCUT2D eigenvalue weighted by Crippen LogP contribution is 2.36. The summed E-state index contributed by atoms with van der Waals surface area (Å²) in [6, 6.07) is 31.1.